The maximum Gasteiger partial charge on any atom is 0.175 e. The Kier molecular flexibility index (Phi) is 5.74. The highest BCUT2D eigenvalue weighted by molar-refractivity contribution is 9.10. The fourth-order valence-electron chi connectivity index (χ4n) is 1.42. The van der Waals surface area contributed by atoms with E-state index in [1.165, 1.54) is 0 Å². The molecule has 0 amide bonds. The second-order valence-electron chi connectivity index (χ2n) is 3.80. The Morgan fingerprint density at radius 2 is 2.18 bits per heavy atom. The average molecular weight is 304 g/mol. The third kappa shape index (κ3) is 4.18. The molecule has 1 unspecified atom stereocenters. The van der Waals surface area contributed by atoms with Crippen molar-refractivity contribution in [2.75, 3.05) is 20.8 Å². The number of hydrogen-bond acceptors (Lipinski definition) is 4. The van der Waals surface area contributed by atoms with Crippen LogP contribution in [0.5, 0.6) is 11.5 Å². The van der Waals surface area contributed by atoms with E-state index in [-0.39, 0.29) is 6.61 Å². The molecule has 0 saturated heterocycles. The summed E-state index contributed by atoms with van der Waals surface area (Å²) < 4.78 is 11.6. The highest BCUT2D eigenvalue weighted by atomic mass is 79.9. The summed E-state index contributed by atoms with van der Waals surface area (Å²) >= 11 is 3.44. The molecule has 0 heterocycles. The predicted octanol–water partition coefficient (Wildman–Crippen LogP) is 1.94. The number of ether oxygens (including phenoxy) is 2. The average Bonchev–Trinajstić information content (AvgIpc) is 2.27. The molecule has 4 nitrogen and oxygen atoms in total. The van der Waals surface area contributed by atoms with Crippen LogP contribution in [0.4, 0.5) is 0 Å². The number of benzene rings is 1. The highest BCUT2D eigenvalue weighted by Gasteiger charge is 2.12. The highest BCUT2D eigenvalue weighted by Crippen LogP contribution is 2.36. The normalized spacial score (nSPS) is 12.3. The Bertz CT molecular complexity index is 369. The van der Waals surface area contributed by atoms with Crippen LogP contribution in [0.1, 0.15) is 12.5 Å². The van der Waals surface area contributed by atoms with E-state index in [1.807, 2.05) is 19.2 Å². The number of nitrogens with one attached hydrogen (secondary N) is 1. The number of aliphatic hydroxyl groups is 1. The van der Waals surface area contributed by atoms with Crippen molar-refractivity contribution in [1.82, 2.24) is 5.32 Å². The Morgan fingerprint density at radius 3 is 2.71 bits per heavy atom. The van der Waals surface area contributed by atoms with E-state index in [0.29, 0.717) is 11.5 Å². The van der Waals surface area contributed by atoms with Gasteiger partial charge in [-0.3, -0.25) is 0 Å². The third-order valence-corrected chi connectivity index (χ3v) is 2.73. The van der Waals surface area contributed by atoms with Gasteiger partial charge in [0.1, 0.15) is 6.61 Å². The maximum atomic E-state index is 9.22. The van der Waals surface area contributed by atoms with Crippen molar-refractivity contribution in [1.29, 1.82) is 0 Å². The molecule has 0 bridgehead atoms. The zero-order valence-corrected chi connectivity index (χ0v) is 11.9. The zero-order chi connectivity index (χ0) is 12.8. The third-order valence-electron chi connectivity index (χ3n) is 2.14. The molecular formula is C12H18BrNO3. The summed E-state index contributed by atoms with van der Waals surface area (Å²) in [5.74, 6) is 1.28. The van der Waals surface area contributed by atoms with Crippen LogP contribution in [0.25, 0.3) is 0 Å². The summed E-state index contributed by atoms with van der Waals surface area (Å²) in [6.45, 7) is 2.67. The van der Waals surface area contributed by atoms with E-state index in [4.69, 9.17) is 9.47 Å². The van der Waals surface area contributed by atoms with Crippen molar-refractivity contribution in [3.05, 3.63) is 22.2 Å². The van der Waals surface area contributed by atoms with Gasteiger partial charge < -0.3 is 19.9 Å². The Labute approximate surface area is 110 Å². The lowest BCUT2D eigenvalue weighted by molar-refractivity contribution is 0.120. The van der Waals surface area contributed by atoms with Gasteiger partial charge in [-0.25, -0.2) is 0 Å². The molecule has 1 aromatic carbocycles. The molecule has 0 fully saturated rings. The molecule has 0 radical (unpaired) electrons. The molecule has 0 saturated carbocycles. The molecule has 0 aliphatic rings. The van der Waals surface area contributed by atoms with Gasteiger partial charge in [-0.15, -0.1) is 0 Å². The standard InChI is InChI=1S/C12H18BrNO3/c1-8(15)7-17-12-10(13)4-9(6-14-2)5-11(12)16-3/h4-5,8,14-15H,6-7H2,1-3H3. The minimum absolute atomic E-state index is 0.236. The molecule has 5 heteroatoms. The Morgan fingerprint density at radius 1 is 1.47 bits per heavy atom. The number of aliphatic hydroxyl groups excluding tert-OH is 1. The number of methoxy groups -OCH3 is 1. The van der Waals surface area contributed by atoms with Crippen LogP contribution in [0, 0.1) is 0 Å². The molecule has 0 aliphatic heterocycles. The van der Waals surface area contributed by atoms with Crippen LogP contribution >= 0.6 is 15.9 Å². The second kappa shape index (κ2) is 6.83. The van der Waals surface area contributed by atoms with Crippen LogP contribution in [0.2, 0.25) is 0 Å². The molecule has 2 N–H and O–H groups in total. The summed E-state index contributed by atoms with van der Waals surface area (Å²) in [6.07, 6.45) is -0.511. The van der Waals surface area contributed by atoms with Crippen LogP contribution in [-0.4, -0.2) is 32.0 Å². The van der Waals surface area contributed by atoms with Gasteiger partial charge in [-0.1, -0.05) is 0 Å². The minimum atomic E-state index is -0.511. The lowest BCUT2D eigenvalue weighted by Gasteiger charge is -2.15. The second-order valence-corrected chi connectivity index (χ2v) is 4.65. The molecule has 1 atom stereocenters. The summed E-state index contributed by atoms with van der Waals surface area (Å²) in [5.41, 5.74) is 1.10. The van der Waals surface area contributed by atoms with Gasteiger partial charge in [0.15, 0.2) is 11.5 Å². The molecule has 0 aromatic heterocycles. The maximum absolute atomic E-state index is 9.22. The van der Waals surface area contributed by atoms with E-state index >= 15 is 0 Å². The van der Waals surface area contributed by atoms with Gasteiger partial charge in [-0.2, -0.15) is 0 Å². The van der Waals surface area contributed by atoms with Gasteiger partial charge in [-0.05, 0) is 47.6 Å². The van der Waals surface area contributed by atoms with Crippen molar-refractivity contribution in [3.63, 3.8) is 0 Å². The quantitative estimate of drug-likeness (QED) is 0.843. The molecule has 0 aliphatic carbocycles. The largest absolute Gasteiger partial charge is 0.493 e. The van der Waals surface area contributed by atoms with Crippen molar-refractivity contribution >= 4 is 15.9 Å². The first-order valence-electron chi connectivity index (χ1n) is 5.40. The van der Waals surface area contributed by atoms with Crippen LogP contribution in [0.15, 0.2) is 16.6 Å². The van der Waals surface area contributed by atoms with Gasteiger partial charge in [0.25, 0.3) is 0 Å². The van der Waals surface area contributed by atoms with E-state index in [0.717, 1.165) is 16.6 Å². The van der Waals surface area contributed by atoms with Crippen LogP contribution in [-0.2, 0) is 6.54 Å². The Hall–Kier alpha value is -0.780. The number of halogens is 1. The molecular weight excluding hydrogens is 286 g/mol. The lowest BCUT2D eigenvalue weighted by Crippen LogP contribution is -2.14. The van der Waals surface area contributed by atoms with Gasteiger partial charge in [0.2, 0.25) is 0 Å². The van der Waals surface area contributed by atoms with Crippen molar-refractivity contribution in [3.8, 4) is 11.5 Å². The topological polar surface area (TPSA) is 50.7 Å². The SMILES string of the molecule is CNCc1cc(Br)c(OCC(C)O)c(OC)c1. The fourth-order valence-corrected chi connectivity index (χ4v) is 2.03. The zero-order valence-electron chi connectivity index (χ0n) is 10.3. The number of rotatable bonds is 6. The van der Waals surface area contributed by atoms with Crippen molar-refractivity contribution < 1.29 is 14.6 Å². The minimum Gasteiger partial charge on any atom is -0.493 e. The molecule has 17 heavy (non-hydrogen) atoms. The predicted molar refractivity (Wildman–Crippen MR) is 70.6 cm³/mol. The van der Waals surface area contributed by atoms with Gasteiger partial charge in [0.05, 0.1) is 17.7 Å². The van der Waals surface area contributed by atoms with Crippen molar-refractivity contribution in [2.24, 2.45) is 0 Å². The smallest absolute Gasteiger partial charge is 0.175 e. The Balaban J connectivity index is 2.95. The molecule has 96 valence electrons. The fraction of sp³-hybridized carbons (Fsp3) is 0.500. The summed E-state index contributed by atoms with van der Waals surface area (Å²) in [5, 5.41) is 12.3. The first-order valence-corrected chi connectivity index (χ1v) is 6.19. The van der Waals surface area contributed by atoms with Crippen LogP contribution < -0.4 is 14.8 Å². The molecule has 1 rings (SSSR count). The lowest BCUT2D eigenvalue weighted by atomic mass is 10.2. The first-order chi connectivity index (χ1) is 8.08. The van der Waals surface area contributed by atoms with E-state index < -0.39 is 6.10 Å². The van der Waals surface area contributed by atoms with Gasteiger partial charge >= 0.3 is 0 Å². The van der Waals surface area contributed by atoms with E-state index in [1.54, 1.807) is 14.0 Å². The summed E-state index contributed by atoms with van der Waals surface area (Å²) in [4.78, 5) is 0. The monoisotopic (exact) mass is 303 g/mol. The van der Waals surface area contributed by atoms with E-state index in [9.17, 15) is 5.11 Å². The number of hydrogen-bond donors (Lipinski definition) is 2. The van der Waals surface area contributed by atoms with E-state index in [2.05, 4.69) is 21.2 Å². The van der Waals surface area contributed by atoms with Gasteiger partial charge in [0, 0.05) is 6.54 Å². The first kappa shape index (κ1) is 14.3. The van der Waals surface area contributed by atoms with Crippen LogP contribution in [0.3, 0.4) is 0 Å². The summed E-state index contributed by atoms with van der Waals surface area (Å²) in [6, 6.07) is 3.88. The molecule has 0 spiro atoms. The van der Waals surface area contributed by atoms with Crippen molar-refractivity contribution in [2.45, 2.75) is 19.6 Å². The molecule has 1 aromatic rings. The summed E-state index contributed by atoms with van der Waals surface area (Å²) in [7, 11) is 3.48.